The monoisotopic (exact) mass is 373 g/mol. The number of benzene rings is 1. The van der Waals surface area contributed by atoms with Crippen molar-refractivity contribution in [3.05, 3.63) is 29.3 Å². The van der Waals surface area contributed by atoms with Gasteiger partial charge >= 0.3 is 0 Å². The van der Waals surface area contributed by atoms with Crippen LogP contribution in [0.3, 0.4) is 0 Å². The van der Waals surface area contributed by atoms with Gasteiger partial charge in [0.15, 0.2) is 0 Å². The number of rotatable bonds is 5. The van der Waals surface area contributed by atoms with Crippen LogP contribution < -0.4 is 15.4 Å². The Balaban J connectivity index is 1.54. The highest BCUT2D eigenvalue weighted by Crippen LogP contribution is 2.23. The first-order valence-electron chi connectivity index (χ1n) is 10.2. The van der Waals surface area contributed by atoms with Gasteiger partial charge in [0.25, 0.3) is 5.91 Å². The van der Waals surface area contributed by atoms with Gasteiger partial charge in [-0.1, -0.05) is 19.9 Å². The molecule has 148 valence electrons. The lowest BCUT2D eigenvalue weighted by Gasteiger charge is -2.34. The SMILES string of the molecule is CCC(CC)C(=O)N1CCC(NC(=O)c2ccc3c(c2)OCCNC3)CC1. The van der Waals surface area contributed by atoms with Crippen molar-refractivity contribution < 1.29 is 14.3 Å². The number of piperidine rings is 1. The minimum Gasteiger partial charge on any atom is -0.492 e. The van der Waals surface area contributed by atoms with Crippen LogP contribution in [-0.4, -0.2) is 49.0 Å². The van der Waals surface area contributed by atoms with Gasteiger partial charge in [0.2, 0.25) is 5.91 Å². The Hall–Kier alpha value is -2.08. The van der Waals surface area contributed by atoms with Crippen molar-refractivity contribution in [2.45, 2.75) is 52.1 Å². The second kappa shape index (κ2) is 9.22. The molecule has 1 saturated heterocycles. The molecule has 1 aromatic rings. The molecule has 6 heteroatoms. The van der Waals surface area contributed by atoms with Crippen molar-refractivity contribution in [1.29, 1.82) is 0 Å². The third-order valence-corrected chi connectivity index (χ3v) is 5.66. The van der Waals surface area contributed by atoms with Crippen molar-refractivity contribution >= 4 is 11.8 Å². The highest BCUT2D eigenvalue weighted by Gasteiger charge is 2.27. The second-order valence-electron chi connectivity index (χ2n) is 7.43. The van der Waals surface area contributed by atoms with E-state index in [1.165, 1.54) is 0 Å². The fourth-order valence-electron chi connectivity index (χ4n) is 3.84. The number of nitrogens with one attached hydrogen (secondary N) is 2. The number of hydrogen-bond donors (Lipinski definition) is 2. The van der Waals surface area contributed by atoms with Crippen molar-refractivity contribution in [3.8, 4) is 5.75 Å². The van der Waals surface area contributed by atoms with Crippen molar-refractivity contribution in [2.24, 2.45) is 5.92 Å². The Morgan fingerprint density at radius 2 is 2.00 bits per heavy atom. The lowest BCUT2D eigenvalue weighted by atomic mass is 9.98. The molecule has 1 fully saturated rings. The topological polar surface area (TPSA) is 70.7 Å². The summed E-state index contributed by atoms with van der Waals surface area (Å²) < 4.78 is 5.73. The summed E-state index contributed by atoms with van der Waals surface area (Å²) in [7, 11) is 0. The van der Waals surface area contributed by atoms with Gasteiger partial charge in [-0.3, -0.25) is 9.59 Å². The van der Waals surface area contributed by atoms with E-state index >= 15 is 0 Å². The first kappa shape index (κ1) is 19.7. The third kappa shape index (κ3) is 4.80. The lowest BCUT2D eigenvalue weighted by molar-refractivity contribution is -0.136. The summed E-state index contributed by atoms with van der Waals surface area (Å²) in [6.07, 6.45) is 3.40. The largest absolute Gasteiger partial charge is 0.492 e. The molecule has 6 nitrogen and oxygen atoms in total. The summed E-state index contributed by atoms with van der Waals surface area (Å²) in [6.45, 7) is 7.77. The van der Waals surface area contributed by atoms with Gasteiger partial charge in [0.05, 0.1) is 0 Å². The molecule has 2 N–H and O–H groups in total. The van der Waals surface area contributed by atoms with E-state index in [1.807, 2.05) is 23.1 Å². The number of carbonyl (C=O) groups excluding carboxylic acids is 2. The van der Waals surface area contributed by atoms with Gasteiger partial charge in [0, 0.05) is 49.3 Å². The van der Waals surface area contributed by atoms with Crippen molar-refractivity contribution in [3.63, 3.8) is 0 Å². The zero-order valence-electron chi connectivity index (χ0n) is 16.4. The standard InChI is InChI=1S/C21H31N3O3/c1-3-15(4-2)21(26)24-10-7-18(8-11-24)23-20(25)16-5-6-17-14-22-9-12-27-19(17)13-16/h5-6,13,15,18,22H,3-4,7-12,14H2,1-2H3,(H,23,25). The Morgan fingerprint density at radius 1 is 1.26 bits per heavy atom. The van der Waals surface area contributed by atoms with E-state index in [4.69, 9.17) is 4.74 Å². The van der Waals surface area contributed by atoms with Gasteiger partial charge in [0.1, 0.15) is 12.4 Å². The maximum Gasteiger partial charge on any atom is 0.251 e. The van der Waals surface area contributed by atoms with Gasteiger partial charge in [-0.05, 0) is 37.8 Å². The van der Waals surface area contributed by atoms with E-state index in [0.29, 0.717) is 12.2 Å². The van der Waals surface area contributed by atoms with Gasteiger partial charge < -0.3 is 20.3 Å². The fourth-order valence-corrected chi connectivity index (χ4v) is 3.84. The molecule has 0 aliphatic carbocycles. The number of nitrogens with zero attached hydrogens (tertiary/aromatic N) is 1. The second-order valence-corrected chi connectivity index (χ2v) is 7.43. The number of amides is 2. The van der Waals surface area contributed by atoms with Crippen LogP contribution in [0.5, 0.6) is 5.75 Å². The van der Waals surface area contributed by atoms with E-state index in [-0.39, 0.29) is 23.8 Å². The number of carbonyl (C=O) groups is 2. The molecule has 3 rings (SSSR count). The zero-order chi connectivity index (χ0) is 19.2. The predicted octanol–water partition coefficient (Wildman–Crippen LogP) is 2.33. The molecule has 27 heavy (non-hydrogen) atoms. The van der Waals surface area contributed by atoms with Crippen molar-refractivity contribution in [2.75, 3.05) is 26.2 Å². The van der Waals surface area contributed by atoms with Gasteiger partial charge in [-0.15, -0.1) is 0 Å². The van der Waals surface area contributed by atoms with Crippen LogP contribution in [0.25, 0.3) is 0 Å². The van der Waals surface area contributed by atoms with Crippen LogP contribution in [-0.2, 0) is 11.3 Å². The Morgan fingerprint density at radius 3 is 2.70 bits per heavy atom. The molecular weight excluding hydrogens is 342 g/mol. The van der Waals surface area contributed by atoms with Crippen LogP contribution >= 0.6 is 0 Å². The van der Waals surface area contributed by atoms with Crippen LogP contribution in [0.15, 0.2) is 18.2 Å². The van der Waals surface area contributed by atoms with Crippen LogP contribution in [0.4, 0.5) is 0 Å². The number of hydrogen-bond acceptors (Lipinski definition) is 4. The Kier molecular flexibility index (Phi) is 6.72. The summed E-state index contributed by atoms with van der Waals surface area (Å²) in [6, 6.07) is 5.77. The molecule has 0 spiro atoms. The molecule has 2 amide bonds. The summed E-state index contributed by atoms with van der Waals surface area (Å²) in [5.41, 5.74) is 1.71. The summed E-state index contributed by atoms with van der Waals surface area (Å²) in [5.74, 6) is 1.12. The van der Waals surface area contributed by atoms with E-state index in [1.54, 1.807) is 0 Å². The first-order chi connectivity index (χ1) is 13.1. The van der Waals surface area contributed by atoms with Crippen LogP contribution in [0.2, 0.25) is 0 Å². The molecule has 0 saturated carbocycles. The zero-order valence-corrected chi connectivity index (χ0v) is 16.4. The Labute approximate surface area is 161 Å². The minimum absolute atomic E-state index is 0.0663. The molecule has 0 unspecified atom stereocenters. The van der Waals surface area contributed by atoms with E-state index < -0.39 is 0 Å². The summed E-state index contributed by atoms with van der Waals surface area (Å²) in [4.78, 5) is 27.1. The van der Waals surface area contributed by atoms with Gasteiger partial charge in [-0.25, -0.2) is 0 Å². The minimum atomic E-state index is -0.0663. The molecular formula is C21H31N3O3. The molecule has 2 aliphatic heterocycles. The summed E-state index contributed by atoms with van der Waals surface area (Å²) >= 11 is 0. The van der Waals surface area contributed by atoms with E-state index in [9.17, 15) is 9.59 Å². The normalized spacial score (nSPS) is 17.8. The Bertz CT molecular complexity index is 665. The molecule has 0 radical (unpaired) electrons. The van der Waals surface area contributed by atoms with E-state index in [2.05, 4.69) is 24.5 Å². The highest BCUT2D eigenvalue weighted by atomic mass is 16.5. The van der Waals surface area contributed by atoms with E-state index in [0.717, 1.165) is 63.2 Å². The predicted molar refractivity (Wildman–Crippen MR) is 105 cm³/mol. The average Bonchev–Trinajstić information content (AvgIpc) is 2.94. The maximum absolute atomic E-state index is 12.6. The smallest absolute Gasteiger partial charge is 0.251 e. The number of fused-ring (bicyclic) bond motifs is 1. The van der Waals surface area contributed by atoms with Crippen molar-refractivity contribution in [1.82, 2.24) is 15.5 Å². The molecule has 0 bridgehead atoms. The molecule has 1 aromatic carbocycles. The number of likely N-dealkylation sites (tertiary alicyclic amines) is 1. The maximum atomic E-state index is 12.6. The highest BCUT2D eigenvalue weighted by molar-refractivity contribution is 5.95. The summed E-state index contributed by atoms with van der Waals surface area (Å²) in [5, 5.41) is 6.42. The van der Waals surface area contributed by atoms with Crippen LogP contribution in [0, 0.1) is 5.92 Å². The third-order valence-electron chi connectivity index (χ3n) is 5.66. The molecule has 0 aromatic heterocycles. The quantitative estimate of drug-likeness (QED) is 0.831. The molecule has 2 aliphatic rings. The molecule has 0 atom stereocenters. The number of ether oxygens (including phenoxy) is 1. The average molecular weight is 373 g/mol. The van der Waals surface area contributed by atoms with Gasteiger partial charge in [-0.2, -0.15) is 0 Å². The van der Waals surface area contributed by atoms with Crippen LogP contribution in [0.1, 0.15) is 55.5 Å². The fraction of sp³-hybridized carbons (Fsp3) is 0.619. The lowest BCUT2D eigenvalue weighted by Crippen LogP contribution is -2.48. The molecule has 2 heterocycles. The first-order valence-corrected chi connectivity index (χ1v) is 10.2.